The smallest absolute Gasteiger partial charge is 0.141 e. The Labute approximate surface area is 146 Å². The van der Waals surface area contributed by atoms with Gasteiger partial charge in [0.1, 0.15) is 10.9 Å². The molecule has 0 unspecified atom stereocenters. The van der Waals surface area contributed by atoms with Gasteiger partial charge in [-0.3, -0.25) is 4.99 Å². The van der Waals surface area contributed by atoms with Crippen LogP contribution in [0.5, 0.6) is 5.75 Å². The van der Waals surface area contributed by atoms with Gasteiger partial charge in [0.05, 0.1) is 29.2 Å². The van der Waals surface area contributed by atoms with Crippen LogP contribution in [0, 0.1) is 6.92 Å². The standard InChI is InChI=1S/C19H18ClN3O/c1-3-24-17-11-9-15(10-12-17)21-13-18-14(2)22-23(19(18)20)16-7-5-4-6-8-16/h4-13H,3H2,1-2H3. The van der Waals surface area contributed by atoms with Crippen LogP contribution in [0.15, 0.2) is 59.6 Å². The number of hydrogen-bond acceptors (Lipinski definition) is 3. The Hall–Kier alpha value is -2.59. The maximum absolute atomic E-state index is 6.49. The van der Waals surface area contributed by atoms with Crippen LogP contribution in [0.1, 0.15) is 18.2 Å². The maximum atomic E-state index is 6.49. The number of benzene rings is 2. The first-order chi connectivity index (χ1) is 11.7. The molecular formula is C19H18ClN3O. The Balaban J connectivity index is 1.86. The van der Waals surface area contributed by atoms with E-state index in [1.807, 2.05) is 68.4 Å². The first-order valence-corrected chi connectivity index (χ1v) is 8.14. The zero-order valence-electron chi connectivity index (χ0n) is 13.6. The summed E-state index contributed by atoms with van der Waals surface area (Å²) in [6.45, 7) is 4.53. The minimum atomic E-state index is 0.549. The van der Waals surface area contributed by atoms with E-state index in [4.69, 9.17) is 16.3 Å². The van der Waals surface area contributed by atoms with E-state index in [0.717, 1.165) is 28.4 Å². The van der Waals surface area contributed by atoms with Crippen LogP contribution < -0.4 is 4.74 Å². The molecule has 122 valence electrons. The number of rotatable bonds is 5. The molecule has 24 heavy (non-hydrogen) atoms. The average molecular weight is 340 g/mol. The van der Waals surface area contributed by atoms with Crippen LogP contribution in [0.4, 0.5) is 5.69 Å². The lowest BCUT2D eigenvalue weighted by Gasteiger charge is -2.02. The third-order valence-corrected chi connectivity index (χ3v) is 3.90. The molecule has 5 heteroatoms. The van der Waals surface area contributed by atoms with E-state index in [9.17, 15) is 0 Å². The topological polar surface area (TPSA) is 39.4 Å². The summed E-state index contributed by atoms with van der Waals surface area (Å²) in [7, 11) is 0. The summed E-state index contributed by atoms with van der Waals surface area (Å²) in [4.78, 5) is 4.49. The number of aliphatic imine (C=N–C) groups is 1. The Morgan fingerprint density at radius 1 is 1.12 bits per heavy atom. The number of halogens is 1. The zero-order chi connectivity index (χ0) is 16.9. The van der Waals surface area contributed by atoms with Gasteiger partial charge in [0.15, 0.2) is 0 Å². The maximum Gasteiger partial charge on any atom is 0.141 e. The first kappa shape index (κ1) is 16.3. The van der Waals surface area contributed by atoms with E-state index in [1.165, 1.54) is 0 Å². The molecule has 0 aliphatic heterocycles. The molecule has 4 nitrogen and oxygen atoms in total. The van der Waals surface area contributed by atoms with Crippen molar-refractivity contribution in [2.24, 2.45) is 4.99 Å². The summed E-state index contributed by atoms with van der Waals surface area (Å²) in [5.74, 6) is 0.836. The summed E-state index contributed by atoms with van der Waals surface area (Å²) < 4.78 is 7.15. The largest absolute Gasteiger partial charge is 0.494 e. The fraction of sp³-hybridized carbons (Fsp3) is 0.158. The second-order valence-electron chi connectivity index (χ2n) is 5.22. The van der Waals surface area contributed by atoms with Crippen molar-refractivity contribution in [3.8, 4) is 11.4 Å². The molecule has 0 spiro atoms. The van der Waals surface area contributed by atoms with Gasteiger partial charge in [0, 0.05) is 6.21 Å². The van der Waals surface area contributed by atoms with Gasteiger partial charge in [0.25, 0.3) is 0 Å². The molecule has 0 radical (unpaired) electrons. The van der Waals surface area contributed by atoms with Gasteiger partial charge in [-0.25, -0.2) is 4.68 Å². The highest BCUT2D eigenvalue weighted by Crippen LogP contribution is 2.23. The van der Waals surface area contributed by atoms with Gasteiger partial charge in [0.2, 0.25) is 0 Å². The van der Waals surface area contributed by atoms with Crippen LogP contribution in [0.3, 0.4) is 0 Å². The van der Waals surface area contributed by atoms with Gasteiger partial charge in [-0.1, -0.05) is 29.8 Å². The third kappa shape index (κ3) is 3.49. The van der Waals surface area contributed by atoms with E-state index in [1.54, 1.807) is 10.9 Å². The predicted octanol–water partition coefficient (Wildman–Crippen LogP) is 4.98. The minimum absolute atomic E-state index is 0.549. The molecule has 0 saturated carbocycles. The summed E-state index contributed by atoms with van der Waals surface area (Å²) >= 11 is 6.49. The molecule has 1 aromatic heterocycles. The predicted molar refractivity (Wildman–Crippen MR) is 98.2 cm³/mol. The van der Waals surface area contributed by atoms with Crippen LogP contribution in [0.25, 0.3) is 5.69 Å². The lowest BCUT2D eigenvalue weighted by atomic mass is 10.2. The molecular weight excluding hydrogens is 322 g/mol. The third-order valence-electron chi connectivity index (χ3n) is 3.54. The van der Waals surface area contributed by atoms with E-state index in [-0.39, 0.29) is 0 Å². The molecule has 2 aromatic carbocycles. The zero-order valence-corrected chi connectivity index (χ0v) is 14.4. The molecule has 0 fully saturated rings. The van der Waals surface area contributed by atoms with E-state index < -0.39 is 0 Å². The lowest BCUT2D eigenvalue weighted by Crippen LogP contribution is -1.96. The summed E-state index contributed by atoms with van der Waals surface area (Å²) in [5, 5.41) is 5.05. The molecule has 0 aliphatic carbocycles. The minimum Gasteiger partial charge on any atom is -0.494 e. The van der Waals surface area contributed by atoms with Crippen LogP contribution in [-0.4, -0.2) is 22.6 Å². The summed E-state index contributed by atoms with van der Waals surface area (Å²) in [6.07, 6.45) is 1.75. The SMILES string of the molecule is CCOc1ccc(N=Cc2c(C)nn(-c3ccccc3)c2Cl)cc1. The van der Waals surface area contributed by atoms with Crippen molar-refractivity contribution in [3.63, 3.8) is 0 Å². The Morgan fingerprint density at radius 3 is 2.50 bits per heavy atom. The number of hydrogen-bond donors (Lipinski definition) is 0. The van der Waals surface area contributed by atoms with Gasteiger partial charge in [-0.2, -0.15) is 5.10 Å². The van der Waals surface area contributed by atoms with Crippen molar-refractivity contribution in [2.45, 2.75) is 13.8 Å². The molecule has 3 aromatic rings. The number of aryl methyl sites for hydroxylation is 1. The van der Waals surface area contributed by atoms with Gasteiger partial charge in [-0.15, -0.1) is 0 Å². The Morgan fingerprint density at radius 2 is 1.83 bits per heavy atom. The molecule has 0 N–H and O–H groups in total. The first-order valence-electron chi connectivity index (χ1n) is 7.76. The number of aromatic nitrogens is 2. The van der Waals surface area contributed by atoms with Crippen molar-refractivity contribution in [1.29, 1.82) is 0 Å². The molecule has 0 saturated heterocycles. The molecule has 0 amide bonds. The molecule has 1 heterocycles. The fourth-order valence-corrected chi connectivity index (χ4v) is 2.65. The van der Waals surface area contributed by atoms with Crippen molar-refractivity contribution in [1.82, 2.24) is 9.78 Å². The normalized spacial score (nSPS) is 11.1. The quantitative estimate of drug-likeness (QED) is 0.615. The molecule has 0 bridgehead atoms. The highest BCUT2D eigenvalue weighted by molar-refractivity contribution is 6.32. The number of nitrogens with zero attached hydrogens (tertiary/aromatic N) is 3. The van der Waals surface area contributed by atoms with Crippen molar-refractivity contribution in [3.05, 3.63) is 71.0 Å². The van der Waals surface area contributed by atoms with E-state index >= 15 is 0 Å². The summed E-state index contributed by atoms with van der Waals surface area (Å²) in [6, 6.07) is 17.4. The van der Waals surface area contributed by atoms with Crippen molar-refractivity contribution < 1.29 is 4.74 Å². The number of ether oxygens (including phenoxy) is 1. The fourth-order valence-electron chi connectivity index (χ4n) is 2.33. The van der Waals surface area contributed by atoms with Gasteiger partial charge in [-0.05, 0) is 50.2 Å². The Kier molecular flexibility index (Phi) is 4.96. The monoisotopic (exact) mass is 339 g/mol. The lowest BCUT2D eigenvalue weighted by molar-refractivity contribution is 0.340. The van der Waals surface area contributed by atoms with E-state index in [0.29, 0.717) is 11.8 Å². The van der Waals surface area contributed by atoms with Crippen molar-refractivity contribution >= 4 is 23.5 Å². The summed E-state index contributed by atoms with van der Waals surface area (Å²) in [5.41, 5.74) is 3.40. The molecule has 3 rings (SSSR count). The van der Waals surface area contributed by atoms with Gasteiger partial charge < -0.3 is 4.74 Å². The molecule has 0 aliphatic rings. The second kappa shape index (κ2) is 7.32. The highest BCUT2D eigenvalue weighted by atomic mass is 35.5. The number of para-hydroxylation sites is 1. The van der Waals surface area contributed by atoms with Gasteiger partial charge >= 0.3 is 0 Å². The van der Waals surface area contributed by atoms with Crippen LogP contribution in [0.2, 0.25) is 5.15 Å². The van der Waals surface area contributed by atoms with Crippen LogP contribution in [-0.2, 0) is 0 Å². The Bertz CT molecular complexity index is 839. The average Bonchev–Trinajstić information content (AvgIpc) is 2.90. The highest BCUT2D eigenvalue weighted by Gasteiger charge is 2.12. The van der Waals surface area contributed by atoms with Crippen molar-refractivity contribution in [2.75, 3.05) is 6.61 Å². The molecule has 0 atom stereocenters. The van der Waals surface area contributed by atoms with Crippen LogP contribution >= 0.6 is 11.6 Å². The van der Waals surface area contributed by atoms with E-state index in [2.05, 4.69) is 10.1 Å². The second-order valence-corrected chi connectivity index (χ2v) is 5.58.